The Morgan fingerprint density at radius 2 is 2.12 bits per heavy atom. The molecule has 1 aromatic heterocycles. The van der Waals surface area contributed by atoms with Gasteiger partial charge >= 0.3 is 0 Å². The van der Waals surface area contributed by atoms with Crippen molar-refractivity contribution in [1.82, 2.24) is 15.3 Å². The molecule has 0 fully saturated rings. The largest absolute Gasteiger partial charge is 0.307 e. The third-order valence-electron chi connectivity index (χ3n) is 2.28. The van der Waals surface area contributed by atoms with E-state index in [0.29, 0.717) is 13.1 Å². The number of hydrogen-bond donors (Lipinski definition) is 1. The van der Waals surface area contributed by atoms with E-state index in [1.807, 2.05) is 6.07 Å². The van der Waals surface area contributed by atoms with Crippen LogP contribution in [0.5, 0.6) is 0 Å². The van der Waals surface area contributed by atoms with Gasteiger partial charge in [0.25, 0.3) is 0 Å². The first-order valence-electron chi connectivity index (χ1n) is 5.15. The second-order valence-corrected chi connectivity index (χ2v) is 4.39. The monoisotopic (exact) mass is 295 g/mol. The average molecular weight is 296 g/mol. The van der Waals surface area contributed by atoms with Gasteiger partial charge in [-0.2, -0.15) is 0 Å². The molecule has 0 radical (unpaired) electrons. The molecule has 0 atom stereocenters. The molecule has 5 heteroatoms. The Hall–Kier alpha value is -1.33. The number of halogens is 2. The number of rotatable bonds is 4. The molecule has 1 aromatic carbocycles. The second kappa shape index (κ2) is 5.84. The van der Waals surface area contributed by atoms with Gasteiger partial charge in [0.1, 0.15) is 12.1 Å². The SMILES string of the molecule is Fc1ccc(CNCc2ccncn2)c(Br)c1. The summed E-state index contributed by atoms with van der Waals surface area (Å²) >= 11 is 3.33. The van der Waals surface area contributed by atoms with Crippen LogP contribution in [-0.4, -0.2) is 9.97 Å². The molecule has 88 valence electrons. The van der Waals surface area contributed by atoms with Crippen LogP contribution >= 0.6 is 15.9 Å². The standard InChI is InChI=1S/C12H11BrFN3/c13-12-5-10(14)2-1-9(12)6-16-7-11-3-4-15-8-17-11/h1-5,8,16H,6-7H2. The molecule has 2 aromatic rings. The van der Waals surface area contributed by atoms with Gasteiger partial charge in [-0.3, -0.25) is 0 Å². The minimum absolute atomic E-state index is 0.239. The van der Waals surface area contributed by atoms with E-state index >= 15 is 0 Å². The Bertz CT molecular complexity index is 490. The van der Waals surface area contributed by atoms with Crippen LogP contribution in [0, 0.1) is 5.82 Å². The lowest BCUT2D eigenvalue weighted by molar-refractivity contribution is 0.623. The molecule has 0 saturated heterocycles. The summed E-state index contributed by atoms with van der Waals surface area (Å²) in [5, 5.41) is 3.24. The van der Waals surface area contributed by atoms with E-state index in [1.165, 1.54) is 18.5 Å². The topological polar surface area (TPSA) is 37.8 Å². The maximum Gasteiger partial charge on any atom is 0.124 e. The van der Waals surface area contributed by atoms with Crippen molar-refractivity contribution in [1.29, 1.82) is 0 Å². The first-order valence-corrected chi connectivity index (χ1v) is 5.94. The third kappa shape index (κ3) is 3.57. The van der Waals surface area contributed by atoms with Gasteiger partial charge in [0.05, 0.1) is 5.69 Å². The third-order valence-corrected chi connectivity index (χ3v) is 3.02. The van der Waals surface area contributed by atoms with Crippen LogP contribution in [0.2, 0.25) is 0 Å². The summed E-state index contributed by atoms with van der Waals surface area (Å²) < 4.78 is 13.6. The van der Waals surface area contributed by atoms with Crippen LogP contribution in [0.25, 0.3) is 0 Å². The van der Waals surface area contributed by atoms with Crippen LogP contribution in [-0.2, 0) is 13.1 Å². The molecule has 0 spiro atoms. The molecule has 0 aliphatic rings. The highest BCUT2D eigenvalue weighted by Crippen LogP contribution is 2.17. The van der Waals surface area contributed by atoms with E-state index in [2.05, 4.69) is 31.2 Å². The first-order chi connectivity index (χ1) is 8.25. The van der Waals surface area contributed by atoms with E-state index in [-0.39, 0.29) is 5.82 Å². The molecule has 2 rings (SSSR count). The van der Waals surface area contributed by atoms with Crippen molar-refractivity contribution < 1.29 is 4.39 Å². The van der Waals surface area contributed by atoms with Gasteiger partial charge in [-0.25, -0.2) is 14.4 Å². The van der Waals surface area contributed by atoms with Crippen molar-refractivity contribution in [3.05, 3.63) is 58.3 Å². The molecule has 0 bridgehead atoms. The lowest BCUT2D eigenvalue weighted by Crippen LogP contribution is -2.14. The number of hydrogen-bond acceptors (Lipinski definition) is 3. The van der Waals surface area contributed by atoms with Gasteiger partial charge in [0.15, 0.2) is 0 Å². The highest BCUT2D eigenvalue weighted by Gasteiger charge is 2.01. The molecule has 0 unspecified atom stereocenters. The van der Waals surface area contributed by atoms with Crippen LogP contribution < -0.4 is 5.32 Å². The van der Waals surface area contributed by atoms with Crippen LogP contribution in [0.1, 0.15) is 11.3 Å². The van der Waals surface area contributed by atoms with E-state index < -0.39 is 0 Å². The summed E-state index contributed by atoms with van der Waals surface area (Å²) in [7, 11) is 0. The Morgan fingerprint density at radius 1 is 1.24 bits per heavy atom. The first kappa shape index (κ1) is 12.1. The highest BCUT2D eigenvalue weighted by molar-refractivity contribution is 9.10. The van der Waals surface area contributed by atoms with E-state index in [1.54, 1.807) is 12.3 Å². The zero-order valence-corrected chi connectivity index (χ0v) is 10.6. The van der Waals surface area contributed by atoms with E-state index in [4.69, 9.17) is 0 Å². The summed E-state index contributed by atoms with van der Waals surface area (Å²) in [4.78, 5) is 7.95. The number of aromatic nitrogens is 2. The molecule has 0 amide bonds. The van der Waals surface area contributed by atoms with Crippen molar-refractivity contribution in [3.63, 3.8) is 0 Å². The molecule has 0 saturated carbocycles. The summed E-state index contributed by atoms with van der Waals surface area (Å²) in [5.41, 5.74) is 1.94. The van der Waals surface area contributed by atoms with Crippen molar-refractivity contribution in [2.24, 2.45) is 0 Å². The summed E-state index contributed by atoms with van der Waals surface area (Å²) in [5.74, 6) is -0.239. The molecule has 1 heterocycles. The molecule has 17 heavy (non-hydrogen) atoms. The summed E-state index contributed by atoms with van der Waals surface area (Å²) in [6.45, 7) is 1.32. The van der Waals surface area contributed by atoms with Gasteiger partial charge in [0, 0.05) is 23.8 Å². The maximum atomic E-state index is 12.9. The fourth-order valence-electron chi connectivity index (χ4n) is 1.41. The Balaban J connectivity index is 1.90. The second-order valence-electron chi connectivity index (χ2n) is 3.54. The van der Waals surface area contributed by atoms with Crippen LogP contribution in [0.4, 0.5) is 4.39 Å². The summed E-state index contributed by atoms with van der Waals surface area (Å²) in [6.07, 6.45) is 3.22. The normalized spacial score (nSPS) is 10.5. The molecular formula is C12H11BrFN3. The average Bonchev–Trinajstić information content (AvgIpc) is 2.33. The predicted molar refractivity (Wildman–Crippen MR) is 66.7 cm³/mol. The molecule has 1 N–H and O–H groups in total. The van der Waals surface area contributed by atoms with Gasteiger partial charge in [0.2, 0.25) is 0 Å². The predicted octanol–water partition coefficient (Wildman–Crippen LogP) is 2.67. The molecular weight excluding hydrogens is 285 g/mol. The van der Waals surface area contributed by atoms with Gasteiger partial charge in [-0.05, 0) is 23.8 Å². The molecule has 3 nitrogen and oxygen atoms in total. The Labute approximate surface area is 107 Å². The van der Waals surface area contributed by atoms with Gasteiger partial charge < -0.3 is 5.32 Å². The number of nitrogens with zero attached hydrogens (tertiary/aromatic N) is 2. The Kier molecular flexibility index (Phi) is 4.17. The summed E-state index contributed by atoms with van der Waals surface area (Å²) in [6, 6.07) is 6.52. The Morgan fingerprint density at radius 3 is 2.82 bits per heavy atom. The minimum Gasteiger partial charge on any atom is -0.307 e. The fourth-order valence-corrected chi connectivity index (χ4v) is 1.90. The molecule has 0 aliphatic carbocycles. The maximum absolute atomic E-state index is 12.9. The van der Waals surface area contributed by atoms with E-state index in [0.717, 1.165) is 15.7 Å². The quantitative estimate of drug-likeness (QED) is 0.942. The van der Waals surface area contributed by atoms with Crippen molar-refractivity contribution in [2.45, 2.75) is 13.1 Å². The van der Waals surface area contributed by atoms with Crippen molar-refractivity contribution >= 4 is 15.9 Å². The van der Waals surface area contributed by atoms with Gasteiger partial charge in [-0.15, -0.1) is 0 Å². The van der Waals surface area contributed by atoms with Gasteiger partial charge in [-0.1, -0.05) is 22.0 Å². The highest BCUT2D eigenvalue weighted by atomic mass is 79.9. The van der Waals surface area contributed by atoms with Crippen LogP contribution in [0.3, 0.4) is 0 Å². The number of nitrogens with one attached hydrogen (secondary N) is 1. The zero-order valence-electron chi connectivity index (χ0n) is 9.03. The lowest BCUT2D eigenvalue weighted by atomic mass is 10.2. The zero-order chi connectivity index (χ0) is 12.1. The fraction of sp³-hybridized carbons (Fsp3) is 0.167. The molecule has 0 aliphatic heterocycles. The number of benzene rings is 1. The minimum atomic E-state index is -0.239. The van der Waals surface area contributed by atoms with E-state index in [9.17, 15) is 4.39 Å². The van der Waals surface area contributed by atoms with Crippen LogP contribution in [0.15, 0.2) is 41.3 Å². The smallest absolute Gasteiger partial charge is 0.124 e. The van der Waals surface area contributed by atoms with Crippen molar-refractivity contribution in [2.75, 3.05) is 0 Å². The lowest BCUT2D eigenvalue weighted by Gasteiger charge is -2.06. The van der Waals surface area contributed by atoms with Crippen molar-refractivity contribution in [3.8, 4) is 0 Å².